The maximum atomic E-state index is 12.6. The van der Waals surface area contributed by atoms with E-state index in [1.54, 1.807) is 12.1 Å². The second-order valence-corrected chi connectivity index (χ2v) is 8.73. The number of anilines is 1. The highest BCUT2D eigenvalue weighted by Gasteiger charge is 2.31. The van der Waals surface area contributed by atoms with Gasteiger partial charge in [0.1, 0.15) is 0 Å². The predicted molar refractivity (Wildman–Crippen MR) is 97.2 cm³/mol. The number of methoxy groups -OCH3 is 1. The number of aryl methyl sites for hydroxylation is 2. The number of carbonyl (C=O) groups is 1. The molecule has 144 valence electrons. The van der Waals surface area contributed by atoms with Crippen LogP contribution in [-0.2, 0) is 32.3 Å². The molecule has 0 bridgehead atoms. The van der Waals surface area contributed by atoms with Crippen LogP contribution < -0.4 is 4.72 Å². The third-order valence-electron chi connectivity index (χ3n) is 5.15. The summed E-state index contributed by atoms with van der Waals surface area (Å²) in [6, 6.07) is 3.28. The van der Waals surface area contributed by atoms with Crippen molar-refractivity contribution in [3.63, 3.8) is 0 Å². The number of sulfonamides is 1. The van der Waals surface area contributed by atoms with E-state index in [4.69, 9.17) is 9.47 Å². The van der Waals surface area contributed by atoms with E-state index in [1.807, 2.05) is 0 Å². The van der Waals surface area contributed by atoms with Gasteiger partial charge in [-0.25, -0.2) is 13.2 Å². The summed E-state index contributed by atoms with van der Waals surface area (Å²) < 4.78 is 38.4. The zero-order valence-corrected chi connectivity index (χ0v) is 15.7. The van der Waals surface area contributed by atoms with Gasteiger partial charge in [-0.05, 0) is 55.4 Å². The first-order valence-corrected chi connectivity index (χ1v) is 10.5. The fraction of sp³-hybridized carbons (Fsp3) is 0.611. The maximum absolute atomic E-state index is 12.6. The van der Waals surface area contributed by atoms with Crippen LogP contribution in [0.25, 0.3) is 0 Å². The summed E-state index contributed by atoms with van der Waals surface area (Å²) in [6.07, 6.45) is 3.99. The van der Waals surface area contributed by atoms with Gasteiger partial charge in [0.2, 0.25) is 10.0 Å². The topological polar surface area (TPSA) is 102 Å². The Morgan fingerprint density at radius 1 is 1.35 bits per heavy atom. The van der Waals surface area contributed by atoms with Gasteiger partial charge in [-0.2, -0.15) is 0 Å². The molecule has 1 aliphatic heterocycles. The Morgan fingerprint density at radius 2 is 2.04 bits per heavy atom. The molecule has 1 heterocycles. The van der Waals surface area contributed by atoms with Crippen LogP contribution in [0.3, 0.4) is 0 Å². The molecule has 1 aromatic rings. The Labute approximate surface area is 153 Å². The van der Waals surface area contributed by atoms with Crippen molar-refractivity contribution in [3.8, 4) is 0 Å². The van der Waals surface area contributed by atoms with Crippen molar-refractivity contribution in [3.05, 3.63) is 28.8 Å². The normalized spacial score (nSPS) is 21.2. The molecule has 1 fully saturated rings. The van der Waals surface area contributed by atoms with Gasteiger partial charge in [-0.1, -0.05) is 0 Å². The van der Waals surface area contributed by atoms with E-state index >= 15 is 0 Å². The molecule has 2 unspecified atom stereocenters. The number of rotatable bonds is 7. The Balaban J connectivity index is 1.82. The third kappa shape index (κ3) is 4.36. The fourth-order valence-corrected chi connectivity index (χ4v) is 5.14. The second-order valence-electron chi connectivity index (χ2n) is 6.96. The second kappa shape index (κ2) is 7.94. The minimum atomic E-state index is -3.76. The molecule has 26 heavy (non-hydrogen) atoms. The average molecular weight is 383 g/mol. The SMILES string of the molecule is COC(CS(=O)(=O)Nc1cc2c(cc1C(=O)O)CCCC2)C1CCOC1. The number of carboxylic acid groups (broad SMARTS) is 1. The fourth-order valence-electron chi connectivity index (χ4n) is 3.72. The summed E-state index contributed by atoms with van der Waals surface area (Å²) in [6.45, 7) is 1.08. The van der Waals surface area contributed by atoms with Crippen molar-refractivity contribution in [1.29, 1.82) is 0 Å². The van der Waals surface area contributed by atoms with Crippen molar-refractivity contribution >= 4 is 21.7 Å². The number of fused-ring (bicyclic) bond motifs is 1. The number of hydrogen-bond donors (Lipinski definition) is 2. The average Bonchev–Trinajstić information content (AvgIpc) is 3.13. The molecular weight excluding hydrogens is 358 g/mol. The molecule has 2 aliphatic rings. The van der Waals surface area contributed by atoms with Gasteiger partial charge < -0.3 is 14.6 Å². The van der Waals surface area contributed by atoms with Gasteiger partial charge in [0, 0.05) is 19.6 Å². The highest BCUT2D eigenvalue weighted by Crippen LogP contribution is 2.29. The number of nitrogens with one attached hydrogen (secondary N) is 1. The molecule has 0 aromatic heterocycles. The van der Waals surface area contributed by atoms with Gasteiger partial charge in [0.05, 0.1) is 29.7 Å². The molecule has 7 nitrogen and oxygen atoms in total. The lowest BCUT2D eigenvalue weighted by atomic mass is 9.89. The minimum absolute atomic E-state index is 0.00704. The van der Waals surface area contributed by atoms with E-state index in [0.717, 1.165) is 43.2 Å². The van der Waals surface area contributed by atoms with Crippen LogP contribution >= 0.6 is 0 Å². The number of benzene rings is 1. The minimum Gasteiger partial charge on any atom is -0.478 e. The maximum Gasteiger partial charge on any atom is 0.337 e. The first-order chi connectivity index (χ1) is 12.4. The van der Waals surface area contributed by atoms with Gasteiger partial charge in [-0.15, -0.1) is 0 Å². The molecule has 0 spiro atoms. The molecule has 8 heteroatoms. The summed E-state index contributed by atoms with van der Waals surface area (Å²) in [5, 5.41) is 9.49. The first kappa shape index (κ1) is 19.1. The van der Waals surface area contributed by atoms with Crippen LogP contribution in [0.5, 0.6) is 0 Å². The Kier molecular flexibility index (Phi) is 5.84. The van der Waals surface area contributed by atoms with Gasteiger partial charge in [0.25, 0.3) is 0 Å². The molecule has 1 saturated heterocycles. The monoisotopic (exact) mass is 383 g/mol. The smallest absolute Gasteiger partial charge is 0.337 e. The van der Waals surface area contributed by atoms with E-state index in [2.05, 4.69) is 4.72 Å². The van der Waals surface area contributed by atoms with Gasteiger partial charge in [0.15, 0.2) is 0 Å². The zero-order valence-electron chi connectivity index (χ0n) is 14.9. The molecule has 0 radical (unpaired) electrons. The Morgan fingerprint density at radius 3 is 2.62 bits per heavy atom. The van der Waals surface area contributed by atoms with Gasteiger partial charge in [-0.3, -0.25) is 4.72 Å². The standard InChI is InChI=1S/C18H25NO6S/c1-24-17(14-6-7-25-10-14)11-26(22,23)19-16-9-13-5-3-2-4-12(13)8-15(16)18(20)21/h8-9,14,17,19H,2-7,10-11H2,1H3,(H,20,21). The predicted octanol–water partition coefficient (Wildman–Crippen LogP) is 2.06. The number of ether oxygens (including phenoxy) is 2. The molecule has 1 aromatic carbocycles. The highest BCUT2D eigenvalue weighted by atomic mass is 32.2. The summed E-state index contributed by atoms with van der Waals surface area (Å²) in [7, 11) is -2.27. The van der Waals surface area contributed by atoms with Crippen LogP contribution in [0.2, 0.25) is 0 Å². The summed E-state index contributed by atoms with van der Waals surface area (Å²) >= 11 is 0. The van der Waals surface area contributed by atoms with Gasteiger partial charge >= 0.3 is 5.97 Å². The third-order valence-corrected chi connectivity index (χ3v) is 6.45. The summed E-state index contributed by atoms with van der Waals surface area (Å²) in [4.78, 5) is 11.6. The summed E-state index contributed by atoms with van der Waals surface area (Å²) in [5.74, 6) is -1.34. The molecule has 1 aliphatic carbocycles. The highest BCUT2D eigenvalue weighted by molar-refractivity contribution is 7.92. The molecule has 2 N–H and O–H groups in total. The van der Waals surface area contributed by atoms with Crippen molar-refractivity contribution < 1.29 is 27.8 Å². The van der Waals surface area contributed by atoms with Crippen LogP contribution in [-0.4, -0.2) is 51.7 Å². The van der Waals surface area contributed by atoms with E-state index in [1.165, 1.54) is 7.11 Å². The van der Waals surface area contributed by atoms with Crippen LogP contribution in [0, 0.1) is 5.92 Å². The molecule has 2 atom stereocenters. The van der Waals surface area contributed by atoms with E-state index in [9.17, 15) is 18.3 Å². The zero-order chi connectivity index (χ0) is 18.7. The first-order valence-electron chi connectivity index (χ1n) is 8.90. The Bertz CT molecular complexity index is 770. The van der Waals surface area contributed by atoms with Crippen molar-refractivity contribution in [2.45, 2.75) is 38.2 Å². The van der Waals surface area contributed by atoms with Crippen molar-refractivity contribution in [2.24, 2.45) is 5.92 Å². The number of aromatic carboxylic acids is 1. The summed E-state index contributed by atoms with van der Waals surface area (Å²) in [5.41, 5.74) is 2.14. The lowest BCUT2D eigenvalue weighted by Crippen LogP contribution is -2.34. The molecule has 0 saturated carbocycles. The molecule has 0 amide bonds. The number of carboxylic acids is 1. The molecular formula is C18H25NO6S. The lowest BCUT2D eigenvalue weighted by Gasteiger charge is -2.22. The quantitative estimate of drug-likeness (QED) is 0.747. The van der Waals surface area contributed by atoms with E-state index < -0.39 is 22.1 Å². The largest absolute Gasteiger partial charge is 0.478 e. The van der Waals surface area contributed by atoms with E-state index in [-0.39, 0.29) is 22.9 Å². The Hall–Kier alpha value is -1.64. The van der Waals surface area contributed by atoms with Crippen LogP contribution in [0.1, 0.15) is 40.7 Å². The molecule has 3 rings (SSSR count). The lowest BCUT2D eigenvalue weighted by molar-refractivity contribution is 0.0612. The van der Waals surface area contributed by atoms with E-state index in [0.29, 0.717) is 13.2 Å². The number of hydrogen-bond acceptors (Lipinski definition) is 5. The van der Waals surface area contributed by atoms with Crippen molar-refractivity contribution in [1.82, 2.24) is 0 Å². The van der Waals surface area contributed by atoms with Crippen molar-refractivity contribution in [2.75, 3.05) is 30.8 Å². The van der Waals surface area contributed by atoms with Crippen LogP contribution in [0.15, 0.2) is 12.1 Å². The van der Waals surface area contributed by atoms with Crippen LogP contribution in [0.4, 0.5) is 5.69 Å².